The van der Waals surface area contributed by atoms with Crippen LogP contribution in [0.25, 0.3) is 0 Å². The van der Waals surface area contributed by atoms with Crippen LogP contribution in [0.5, 0.6) is 0 Å². The van der Waals surface area contributed by atoms with E-state index in [4.69, 9.17) is 5.26 Å². The first-order valence-corrected chi connectivity index (χ1v) is 5.01. The lowest BCUT2D eigenvalue weighted by atomic mass is 10.2. The van der Waals surface area contributed by atoms with E-state index in [1.807, 2.05) is 6.07 Å². The molecule has 3 nitrogen and oxygen atoms in total. The van der Waals surface area contributed by atoms with Crippen LogP contribution in [-0.2, 0) is 4.79 Å². The molecule has 1 fully saturated rings. The summed E-state index contributed by atoms with van der Waals surface area (Å²) in [7, 11) is 0. The number of hydrogen-bond acceptors (Lipinski definition) is 2. The van der Waals surface area contributed by atoms with E-state index in [-0.39, 0.29) is 11.8 Å². The summed E-state index contributed by atoms with van der Waals surface area (Å²) < 4.78 is 0. The lowest BCUT2D eigenvalue weighted by Crippen LogP contribution is -2.14. The number of carbonyl (C=O) groups excluding carboxylic acids is 1. The van der Waals surface area contributed by atoms with E-state index in [0.29, 0.717) is 11.5 Å². The van der Waals surface area contributed by atoms with Crippen molar-refractivity contribution < 1.29 is 4.79 Å². The van der Waals surface area contributed by atoms with E-state index < -0.39 is 0 Å². The lowest BCUT2D eigenvalue weighted by molar-refractivity contribution is -0.117. The molecule has 2 rings (SSSR count). The Hall–Kier alpha value is -1.82. The second kappa shape index (κ2) is 3.74. The van der Waals surface area contributed by atoms with E-state index in [1.54, 1.807) is 24.3 Å². The first kappa shape index (κ1) is 9.72. The van der Waals surface area contributed by atoms with Crippen LogP contribution in [0, 0.1) is 23.2 Å². The second-order valence-corrected chi connectivity index (χ2v) is 4.00. The molecule has 15 heavy (non-hydrogen) atoms. The van der Waals surface area contributed by atoms with Crippen LogP contribution in [0.3, 0.4) is 0 Å². The molecule has 1 aromatic carbocycles. The summed E-state index contributed by atoms with van der Waals surface area (Å²) in [6.45, 7) is 2.07. The first-order chi connectivity index (χ1) is 7.20. The van der Waals surface area contributed by atoms with Crippen molar-refractivity contribution >= 4 is 11.6 Å². The van der Waals surface area contributed by atoms with Gasteiger partial charge in [-0.1, -0.05) is 6.92 Å². The molecule has 0 heterocycles. The largest absolute Gasteiger partial charge is 0.326 e. The van der Waals surface area contributed by atoms with E-state index in [2.05, 4.69) is 12.2 Å². The van der Waals surface area contributed by atoms with Crippen molar-refractivity contribution in [2.75, 3.05) is 5.32 Å². The molecule has 0 bridgehead atoms. The highest BCUT2D eigenvalue weighted by atomic mass is 16.2. The fraction of sp³-hybridized carbons (Fsp3) is 0.333. The van der Waals surface area contributed by atoms with Gasteiger partial charge < -0.3 is 5.32 Å². The molecule has 3 heteroatoms. The van der Waals surface area contributed by atoms with Gasteiger partial charge in [-0.25, -0.2) is 0 Å². The van der Waals surface area contributed by atoms with Crippen LogP contribution in [-0.4, -0.2) is 5.91 Å². The van der Waals surface area contributed by atoms with Crippen molar-refractivity contribution in [3.63, 3.8) is 0 Å². The maximum absolute atomic E-state index is 11.6. The van der Waals surface area contributed by atoms with Gasteiger partial charge in [0, 0.05) is 11.6 Å². The molecule has 0 spiro atoms. The second-order valence-electron chi connectivity index (χ2n) is 4.00. The number of nitrogens with zero attached hydrogens (tertiary/aromatic N) is 1. The number of hydrogen-bond donors (Lipinski definition) is 1. The summed E-state index contributed by atoms with van der Waals surface area (Å²) in [4.78, 5) is 11.6. The number of nitrogens with one attached hydrogen (secondary N) is 1. The molecule has 0 saturated heterocycles. The molecular formula is C12H12N2O. The van der Waals surface area contributed by atoms with Crippen molar-refractivity contribution in [2.45, 2.75) is 13.3 Å². The summed E-state index contributed by atoms with van der Waals surface area (Å²) in [5.41, 5.74) is 1.37. The summed E-state index contributed by atoms with van der Waals surface area (Å²) in [6, 6.07) is 8.94. The normalized spacial score (nSPS) is 22.9. The molecule has 2 atom stereocenters. The van der Waals surface area contributed by atoms with Gasteiger partial charge in [0.05, 0.1) is 11.6 Å². The summed E-state index contributed by atoms with van der Waals surface area (Å²) >= 11 is 0. The minimum Gasteiger partial charge on any atom is -0.326 e. The Labute approximate surface area is 88.7 Å². The number of amides is 1. The van der Waals surface area contributed by atoms with Crippen LogP contribution in [0.15, 0.2) is 24.3 Å². The van der Waals surface area contributed by atoms with Crippen LogP contribution in [0.1, 0.15) is 18.9 Å². The van der Waals surface area contributed by atoms with Crippen molar-refractivity contribution in [1.29, 1.82) is 5.26 Å². The first-order valence-electron chi connectivity index (χ1n) is 5.01. The maximum Gasteiger partial charge on any atom is 0.227 e. The number of anilines is 1. The van der Waals surface area contributed by atoms with E-state index >= 15 is 0 Å². The highest BCUT2D eigenvalue weighted by Crippen LogP contribution is 2.38. The van der Waals surface area contributed by atoms with Gasteiger partial charge in [0.1, 0.15) is 0 Å². The Bertz CT molecular complexity index is 416. The van der Waals surface area contributed by atoms with Crippen molar-refractivity contribution in [3.8, 4) is 6.07 Å². The monoisotopic (exact) mass is 200 g/mol. The van der Waals surface area contributed by atoms with E-state index in [1.165, 1.54) is 0 Å². The zero-order chi connectivity index (χ0) is 10.8. The highest BCUT2D eigenvalue weighted by molar-refractivity contribution is 5.94. The predicted molar refractivity (Wildman–Crippen MR) is 57.1 cm³/mol. The Morgan fingerprint density at radius 2 is 2.07 bits per heavy atom. The third-order valence-corrected chi connectivity index (χ3v) is 2.73. The summed E-state index contributed by atoms with van der Waals surface area (Å²) in [5, 5.41) is 11.4. The van der Waals surface area contributed by atoms with Gasteiger partial charge in [-0.2, -0.15) is 5.26 Å². The molecule has 1 saturated carbocycles. The highest BCUT2D eigenvalue weighted by Gasteiger charge is 2.38. The van der Waals surface area contributed by atoms with Crippen LogP contribution >= 0.6 is 0 Å². The van der Waals surface area contributed by atoms with E-state index in [9.17, 15) is 4.79 Å². The quantitative estimate of drug-likeness (QED) is 0.795. The smallest absolute Gasteiger partial charge is 0.227 e. The van der Waals surface area contributed by atoms with Gasteiger partial charge in [0.2, 0.25) is 5.91 Å². The molecule has 1 aliphatic rings. The molecular weight excluding hydrogens is 188 g/mol. The standard InChI is InChI=1S/C12H12N2O/c1-8-6-11(8)12(15)14-10-4-2-9(7-13)3-5-10/h2-5,8,11H,6H2,1H3,(H,14,15)/t8-,11-/m0/s1. The van der Waals surface area contributed by atoms with Crippen molar-refractivity contribution in [1.82, 2.24) is 0 Å². The third-order valence-electron chi connectivity index (χ3n) is 2.73. The topological polar surface area (TPSA) is 52.9 Å². The Morgan fingerprint density at radius 1 is 1.47 bits per heavy atom. The number of rotatable bonds is 2. The minimum absolute atomic E-state index is 0.0900. The molecule has 1 N–H and O–H groups in total. The van der Waals surface area contributed by atoms with Crippen LogP contribution in [0.2, 0.25) is 0 Å². The SMILES string of the molecule is C[C@H]1C[C@@H]1C(=O)Nc1ccc(C#N)cc1. The van der Waals surface area contributed by atoms with E-state index in [0.717, 1.165) is 12.1 Å². The molecule has 0 radical (unpaired) electrons. The fourth-order valence-corrected chi connectivity index (χ4v) is 1.55. The molecule has 0 unspecified atom stereocenters. The van der Waals surface area contributed by atoms with Gasteiger partial charge >= 0.3 is 0 Å². The number of nitriles is 1. The van der Waals surface area contributed by atoms with Gasteiger partial charge in [0.15, 0.2) is 0 Å². The third kappa shape index (κ3) is 2.16. The predicted octanol–water partition coefficient (Wildman–Crippen LogP) is 2.15. The van der Waals surface area contributed by atoms with Gasteiger partial charge in [-0.15, -0.1) is 0 Å². The fourth-order valence-electron chi connectivity index (χ4n) is 1.55. The number of carbonyl (C=O) groups is 1. The minimum atomic E-state index is 0.0900. The number of benzene rings is 1. The Balaban J connectivity index is 1.99. The molecule has 1 amide bonds. The van der Waals surface area contributed by atoms with Gasteiger partial charge in [0.25, 0.3) is 0 Å². The average Bonchev–Trinajstić information content (AvgIpc) is 2.97. The Kier molecular flexibility index (Phi) is 2.42. The molecule has 1 aromatic rings. The van der Waals surface area contributed by atoms with Crippen LogP contribution in [0.4, 0.5) is 5.69 Å². The zero-order valence-corrected chi connectivity index (χ0v) is 8.53. The van der Waals surface area contributed by atoms with Gasteiger partial charge in [-0.05, 0) is 36.6 Å². The van der Waals surface area contributed by atoms with Crippen molar-refractivity contribution in [2.24, 2.45) is 11.8 Å². The lowest BCUT2D eigenvalue weighted by Gasteiger charge is -2.03. The van der Waals surface area contributed by atoms with Crippen LogP contribution < -0.4 is 5.32 Å². The molecule has 76 valence electrons. The van der Waals surface area contributed by atoms with Gasteiger partial charge in [-0.3, -0.25) is 4.79 Å². The summed E-state index contributed by atoms with van der Waals surface area (Å²) in [6.07, 6.45) is 0.988. The van der Waals surface area contributed by atoms with Crippen molar-refractivity contribution in [3.05, 3.63) is 29.8 Å². The molecule has 1 aliphatic carbocycles. The molecule has 0 aliphatic heterocycles. The zero-order valence-electron chi connectivity index (χ0n) is 8.53. The molecule has 0 aromatic heterocycles. The summed E-state index contributed by atoms with van der Waals surface area (Å²) in [5.74, 6) is 0.788. The maximum atomic E-state index is 11.6. The Morgan fingerprint density at radius 3 is 2.53 bits per heavy atom. The average molecular weight is 200 g/mol.